The number of nitrogen functional groups attached to an aromatic ring is 1. The maximum Gasteiger partial charge on any atom is 0.264 e. The highest BCUT2D eigenvalue weighted by atomic mass is 35.5. The molecule has 0 unspecified atom stereocenters. The summed E-state index contributed by atoms with van der Waals surface area (Å²) in [5.74, 6) is -2.77. The second kappa shape index (κ2) is 8.48. The Morgan fingerprint density at radius 3 is 2.71 bits per heavy atom. The van der Waals surface area contributed by atoms with E-state index in [1.54, 1.807) is 43.5 Å². The lowest BCUT2D eigenvalue weighted by molar-refractivity contribution is 0.0941. The third-order valence-corrected chi connectivity index (χ3v) is 5.94. The van der Waals surface area contributed by atoms with Crippen molar-refractivity contribution in [1.82, 2.24) is 24.5 Å². The van der Waals surface area contributed by atoms with Crippen molar-refractivity contribution in [2.75, 3.05) is 5.73 Å². The fourth-order valence-corrected chi connectivity index (χ4v) is 4.28. The zero-order valence-electron chi connectivity index (χ0n) is 18.2. The van der Waals surface area contributed by atoms with E-state index in [0.717, 1.165) is 12.1 Å². The van der Waals surface area contributed by atoms with Crippen molar-refractivity contribution in [2.45, 2.75) is 13.0 Å². The van der Waals surface area contributed by atoms with Crippen LogP contribution in [0.25, 0.3) is 22.1 Å². The van der Waals surface area contributed by atoms with E-state index in [2.05, 4.69) is 15.4 Å². The predicted octanol–water partition coefficient (Wildman–Crippen LogP) is 4.04. The fraction of sp³-hybridized carbons (Fsp3) is 0.0833. The Labute approximate surface area is 201 Å². The van der Waals surface area contributed by atoms with Crippen LogP contribution in [-0.4, -0.2) is 25.1 Å². The highest BCUT2D eigenvalue weighted by Crippen LogP contribution is 2.26. The Bertz CT molecular complexity index is 1700. The summed E-state index contributed by atoms with van der Waals surface area (Å²) in [5.41, 5.74) is 6.13. The predicted molar refractivity (Wildman–Crippen MR) is 128 cm³/mol. The molecule has 0 aliphatic heterocycles. The molecule has 8 nitrogen and oxygen atoms in total. The number of pyridine rings is 1. The number of carbonyl (C=O) groups excluding carboxylic acids is 1. The van der Waals surface area contributed by atoms with Crippen molar-refractivity contribution in [2.24, 2.45) is 0 Å². The van der Waals surface area contributed by atoms with Crippen molar-refractivity contribution < 1.29 is 13.6 Å². The number of aromatic nitrogens is 4. The normalized spacial score (nSPS) is 12.2. The van der Waals surface area contributed by atoms with Gasteiger partial charge in [0.15, 0.2) is 23.1 Å². The standard InChI is InChI=1S/C24H17ClF2N6O2/c1-12(30-23(34)20-21(28)31-32-9-3-8-29-22(20)32)18-10-13-4-2-5-15(25)19(13)24(35)33(18)14-6-7-16(26)17(27)11-14/h2-12H,1H3,(H2,28,31)(H,30,34)/t12-/m0/s1. The molecule has 1 atom stereocenters. The van der Waals surface area contributed by atoms with Crippen LogP contribution in [0.5, 0.6) is 0 Å². The Kier molecular flexibility index (Phi) is 5.45. The van der Waals surface area contributed by atoms with Gasteiger partial charge in [-0.25, -0.2) is 18.3 Å². The molecule has 0 fully saturated rings. The minimum Gasteiger partial charge on any atom is -0.381 e. The highest BCUT2D eigenvalue weighted by molar-refractivity contribution is 6.35. The molecule has 5 aromatic rings. The van der Waals surface area contributed by atoms with Crippen LogP contribution in [-0.2, 0) is 0 Å². The minimum absolute atomic E-state index is 0.0170. The van der Waals surface area contributed by atoms with E-state index in [4.69, 9.17) is 17.3 Å². The number of nitrogens with two attached hydrogens (primary N) is 1. The molecule has 3 aromatic heterocycles. The summed E-state index contributed by atoms with van der Waals surface area (Å²) >= 11 is 6.29. The van der Waals surface area contributed by atoms with Crippen LogP contribution in [0.15, 0.2) is 65.7 Å². The van der Waals surface area contributed by atoms with Crippen LogP contribution in [0.1, 0.15) is 29.0 Å². The van der Waals surface area contributed by atoms with Crippen molar-refractivity contribution >= 4 is 39.7 Å². The lowest BCUT2D eigenvalue weighted by atomic mass is 10.1. The van der Waals surface area contributed by atoms with Crippen LogP contribution in [0.4, 0.5) is 14.6 Å². The fourth-order valence-electron chi connectivity index (χ4n) is 4.01. The zero-order chi connectivity index (χ0) is 24.9. The zero-order valence-corrected chi connectivity index (χ0v) is 18.9. The van der Waals surface area contributed by atoms with E-state index in [9.17, 15) is 18.4 Å². The lowest BCUT2D eigenvalue weighted by Crippen LogP contribution is -2.32. The Balaban J connectivity index is 1.66. The number of hydrogen-bond acceptors (Lipinski definition) is 5. The summed E-state index contributed by atoms with van der Waals surface area (Å²) in [4.78, 5) is 30.9. The van der Waals surface area contributed by atoms with E-state index < -0.39 is 29.1 Å². The van der Waals surface area contributed by atoms with Gasteiger partial charge in [-0.15, -0.1) is 5.10 Å². The van der Waals surface area contributed by atoms with Gasteiger partial charge in [-0.05, 0) is 42.6 Å². The number of fused-ring (bicyclic) bond motifs is 2. The second-order valence-corrected chi connectivity index (χ2v) is 8.26. The summed E-state index contributed by atoms with van der Waals surface area (Å²) < 4.78 is 30.3. The number of halogens is 3. The smallest absolute Gasteiger partial charge is 0.264 e. The monoisotopic (exact) mass is 494 g/mol. The summed E-state index contributed by atoms with van der Waals surface area (Å²) in [6.45, 7) is 1.65. The highest BCUT2D eigenvalue weighted by Gasteiger charge is 2.24. The van der Waals surface area contributed by atoms with Gasteiger partial charge < -0.3 is 11.1 Å². The molecule has 176 valence electrons. The number of anilines is 1. The van der Waals surface area contributed by atoms with Gasteiger partial charge in [-0.3, -0.25) is 14.2 Å². The Morgan fingerprint density at radius 1 is 1.14 bits per heavy atom. The molecular formula is C24H17ClF2N6O2. The molecule has 0 aliphatic rings. The molecule has 2 aromatic carbocycles. The van der Waals surface area contributed by atoms with Gasteiger partial charge in [-0.2, -0.15) is 0 Å². The van der Waals surface area contributed by atoms with Gasteiger partial charge in [0.05, 0.1) is 22.1 Å². The number of carbonyl (C=O) groups is 1. The van der Waals surface area contributed by atoms with Crippen molar-refractivity contribution in [1.29, 1.82) is 0 Å². The second-order valence-electron chi connectivity index (χ2n) is 7.86. The molecule has 11 heteroatoms. The summed E-state index contributed by atoms with van der Waals surface area (Å²) in [7, 11) is 0. The molecule has 35 heavy (non-hydrogen) atoms. The van der Waals surface area contributed by atoms with Crippen LogP contribution in [0, 0.1) is 11.6 Å². The Morgan fingerprint density at radius 2 is 1.94 bits per heavy atom. The molecule has 0 saturated heterocycles. The molecule has 0 radical (unpaired) electrons. The minimum atomic E-state index is -1.12. The number of nitrogens with zero attached hydrogens (tertiary/aromatic N) is 4. The molecule has 1 amide bonds. The van der Waals surface area contributed by atoms with Crippen LogP contribution in [0.2, 0.25) is 5.02 Å². The summed E-state index contributed by atoms with van der Waals surface area (Å²) in [5, 5.41) is 7.82. The van der Waals surface area contributed by atoms with Gasteiger partial charge >= 0.3 is 0 Å². The number of nitrogens with one attached hydrogen (secondary N) is 1. The van der Waals surface area contributed by atoms with E-state index in [0.29, 0.717) is 11.1 Å². The van der Waals surface area contributed by atoms with Crippen molar-refractivity contribution in [3.8, 4) is 5.69 Å². The van der Waals surface area contributed by atoms with Gasteiger partial charge in [0.25, 0.3) is 11.5 Å². The van der Waals surface area contributed by atoms with E-state index in [1.807, 2.05) is 0 Å². The van der Waals surface area contributed by atoms with Crippen molar-refractivity contribution in [3.63, 3.8) is 0 Å². The average Bonchev–Trinajstić information content (AvgIpc) is 3.16. The third-order valence-electron chi connectivity index (χ3n) is 5.63. The number of benzene rings is 2. The molecule has 3 heterocycles. The number of hydrogen-bond donors (Lipinski definition) is 2. The molecule has 0 bridgehead atoms. The first-order valence-corrected chi connectivity index (χ1v) is 10.8. The third kappa shape index (κ3) is 3.77. The average molecular weight is 495 g/mol. The van der Waals surface area contributed by atoms with E-state index in [-0.39, 0.29) is 33.1 Å². The van der Waals surface area contributed by atoms with Gasteiger partial charge in [0.2, 0.25) is 0 Å². The molecule has 0 aliphatic carbocycles. The lowest BCUT2D eigenvalue weighted by Gasteiger charge is -2.21. The van der Waals surface area contributed by atoms with Crippen LogP contribution in [0.3, 0.4) is 0 Å². The molecule has 0 saturated carbocycles. The molecule has 0 spiro atoms. The first-order valence-electron chi connectivity index (χ1n) is 10.5. The van der Waals surface area contributed by atoms with Crippen molar-refractivity contribution in [3.05, 3.63) is 99.2 Å². The maximum atomic E-state index is 14.1. The van der Waals surface area contributed by atoms with Gasteiger partial charge in [-0.1, -0.05) is 23.7 Å². The Hall–Kier alpha value is -4.31. The topological polar surface area (TPSA) is 107 Å². The summed E-state index contributed by atoms with van der Waals surface area (Å²) in [6.07, 6.45) is 3.11. The number of rotatable bonds is 4. The first kappa shape index (κ1) is 22.5. The molecule has 3 N–H and O–H groups in total. The SMILES string of the molecule is C[C@H](NC(=O)c1c(N)nn2cccnc12)c1cc2cccc(Cl)c2c(=O)n1-c1ccc(F)c(F)c1. The van der Waals surface area contributed by atoms with Crippen LogP contribution < -0.4 is 16.6 Å². The van der Waals surface area contributed by atoms with Gasteiger partial charge in [0, 0.05) is 24.2 Å². The quantitative estimate of drug-likeness (QED) is 0.392. The maximum absolute atomic E-state index is 14.1. The summed E-state index contributed by atoms with van der Waals surface area (Å²) in [6, 6.07) is 10.6. The van der Waals surface area contributed by atoms with E-state index >= 15 is 0 Å². The van der Waals surface area contributed by atoms with Crippen LogP contribution >= 0.6 is 11.6 Å². The molecule has 5 rings (SSSR count). The molecular weight excluding hydrogens is 478 g/mol. The number of amides is 1. The van der Waals surface area contributed by atoms with E-state index in [1.165, 1.54) is 21.3 Å². The first-order chi connectivity index (χ1) is 16.8. The largest absolute Gasteiger partial charge is 0.381 e. The van der Waals surface area contributed by atoms with Gasteiger partial charge in [0.1, 0.15) is 5.56 Å².